The molecule has 0 heterocycles. The van der Waals surface area contributed by atoms with Gasteiger partial charge in [0.1, 0.15) is 0 Å². The largest absolute Gasteiger partial charge is 0.381 e. The van der Waals surface area contributed by atoms with Crippen LogP contribution in [0.15, 0.2) is 0 Å². The molecule has 1 saturated carbocycles. The first-order valence-electron chi connectivity index (χ1n) is 7.01. The van der Waals surface area contributed by atoms with Crippen LogP contribution in [0, 0.1) is 5.92 Å². The summed E-state index contributed by atoms with van der Waals surface area (Å²) >= 11 is 0. The molecule has 0 aromatic carbocycles. The molecule has 3 atom stereocenters. The van der Waals surface area contributed by atoms with E-state index in [1.54, 1.807) is 7.11 Å². The average Bonchev–Trinajstić information content (AvgIpc) is 2.35. The zero-order valence-corrected chi connectivity index (χ0v) is 13.4. The summed E-state index contributed by atoms with van der Waals surface area (Å²) in [5, 5.41) is 0. The molecule has 0 aromatic rings. The minimum atomic E-state index is -3.45. The predicted octanol–water partition coefficient (Wildman–Crippen LogP) is 2.95. The van der Waals surface area contributed by atoms with E-state index >= 15 is 0 Å². The topological polar surface area (TPSA) is 52.6 Å². The minimum Gasteiger partial charge on any atom is -0.381 e. The van der Waals surface area contributed by atoms with E-state index in [0.29, 0.717) is 6.61 Å². The van der Waals surface area contributed by atoms with Crippen LogP contribution in [-0.4, -0.2) is 40.1 Å². The first-order chi connectivity index (χ1) is 8.94. The Morgan fingerprint density at radius 2 is 2.00 bits per heavy atom. The third-order valence-electron chi connectivity index (χ3n) is 3.61. The smallest absolute Gasteiger partial charge is 0.232 e. The van der Waals surface area contributed by atoms with Crippen LogP contribution < -0.4 is 0 Å². The number of methoxy groups -OCH3 is 1. The normalized spacial score (nSPS) is 26.3. The van der Waals surface area contributed by atoms with E-state index in [1.165, 1.54) is 0 Å². The van der Waals surface area contributed by atoms with Gasteiger partial charge in [0, 0.05) is 17.8 Å². The molecule has 0 radical (unpaired) electrons. The lowest BCUT2D eigenvalue weighted by Crippen LogP contribution is -2.30. The quantitative estimate of drug-likeness (QED) is 0.647. The third kappa shape index (κ3) is 7.49. The summed E-state index contributed by atoms with van der Waals surface area (Å²) in [6.45, 7) is 2.51. The molecule has 0 N–H and O–H groups in total. The molecular weight excluding hydrogens is 288 g/mol. The van der Waals surface area contributed by atoms with Crippen molar-refractivity contribution in [3.8, 4) is 0 Å². The molecule has 0 spiro atoms. The molecule has 6 heteroatoms. The van der Waals surface area contributed by atoms with Gasteiger partial charge in [0.05, 0.1) is 24.6 Å². The van der Waals surface area contributed by atoms with Crippen molar-refractivity contribution in [1.82, 2.24) is 0 Å². The molecule has 114 valence electrons. The van der Waals surface area contributed by atoms with Crippen molar-refractivity contribution in [2.24, 2.45) is 5.92 Å². The van der Waals surface area contributed by atoms with Gasteiger partial charge in [-0.2, -0.15) is 0 Å². The Hall–Kier alpha value is 0.160. The Labute approximate surface area is 121 Å². The predicted molar refractivity (Wildman–Crippen MR) is 77.0 cm³/mol. The molecule has 0 aromatic heterocycles. The highest BCUT2D eigenvalue weighted by molar-refractivity contribution is 8.13. The van der Waals surface area contributed by atoms with Crippen LogP contribution in [0.25, 0.3) is 0 Å². The highest BCUT2D eigenvalue weighted by Crippen LogP contribution is 2.24. The molecule has 1 rings (SSSR count). The van der Waals surface area contributed by atoms with Crippen molar-refractivity contribution in [1.29, 1.82) is 0 Å². The summed E-state index contributed by atoms with van der Waals surface area (Å²) in [7, 11) is 3.61. The maximum atomic E-state index is 11.2. The Kier molecular flexibility index (Phi) is 7.65. The van der Waals surface area contributed by atoms with E-state index < -0.39 is 9.05 Å². The summed E-state index contributed by atoms with van der Waals surface area (Å²) in [4.78, 5) is 0. The lowest BCUT2D eigenvalue weighted by Gasteiger charge is -2.29. The van der Waals surface area contributed by atoms with Gasteiger partial charge < -0.3 is 9.47 Å². The van der Waals surface area contributed by atoms with Gasteiger partial charge in [-0.1, -0.05) is 13.3 Å². The maximum Gasteiger partial charge on any atom is 0.232 e. The van der Waals surface area contributed by atoms with Gasteiger partial charge in [-0.15, -0.1) is 0 Å². The van der Waals surface area contributed by atoms with E-state index in [0.717, 1.165) is 38.5 Å². The SMILES string of the molecule is CCCC(COC1CCCC(OC)C1)CS(=O)(=O)Cl. The first-order valence-corrected chi connectivity index (χ1v) is 9.49. The Balaban J connectivity index is 2.38. The molecule has 1 fully saturated rings. The zero-order chi connectivity index (χ0) is 14.3. The second-order valence-electron chi connectivity index (χ2n) is 5.34. The maximum absolute atomic E-state index is 11.2. The lowest BCUT2D eigenvalue weighted by molar-refractivity contribution is -0.0387. The molecule has 3 unspecified atom stereocenters. The fraction of sp³-hybridized carbons (Fsp3) is 1.00. The Morgan fingerprint density at radius 3 is 2.58 bits per heavy atom. The third-order valence-corrected chi connectivity index (χ3v) is 4.86. The summed E-state index contributed by atoms with van der Waals surface area (Å²) in [6, 6.07) is 0. The summed E-state index contributed by atoms with van der Waals surface area (Å²) in [5.74, 6) is -0.00144. The van der Waals surface area contributed by atoms with Crippen molar-refractivity contribution < 1.29 is 17.9 Å². The fourth-order valence-electron chi connectivity index (χ4n) is 2.64. The standard InChI is InChI=1S/C13H25ClO4S/c1-3-5-11(10-19(14,15)16)9-18-13-7-4-6-12(8-13)17-2/h11-13H,3-10H2,1-2H3. The molecule has 0 saturated heterocycles. The van der Waals surface area contributed by atoms with Crippen LogP contribution in [0.4, 0.5) is 0 Å². The molecule has 0 bridgehead atoms. The molecule has 4 nitrogen and oxygen atoms in total. The summed E-state index contributed by atoms with van der Waals surface area (Å²) < 4.78 is 33.5. The van der Waals surface area contributed by atoms with E-state index in [4.69, 9.17) is 20.2 Å². The summed E-state index contributed by atoms with van der Waals surface area (Å²) in [6.07, 6.45) is 6.37. The number of hydrogen-bond donors (Lipinski definition) is 0. The molecule has 1 aliphatic rings. The van der Waals surface area contributed by atoms with Crippen molar-refractivity contribution >= 4 is 19.7 Å². The van der Waals surface area contributed by atoms with Crippen molar-refractivity contribution in [3.63, 3.8) is 0 Å². The van der Waals surface area contributed by atoms with Gasteiger partial charge in [-0.3, -0.25) is 0 Å². The number of hydrogen-bond acceptors (Lipinski definition) is 4. The minimum absolute atomic E-state index is 0.00280. The van der Waals surface area contributed by atoms with Crippen LogP contribution in [0.5, 0.6) is 0 Å². The lowest BCUT2D eigenvalue weighted by atomic mass is 9.94. The van der Waals surface area contributed by atoms with Crippen molar-refractivity contribution in [2.45, 2.75) is 57.7 Å². The molecule has 19 heavy (non-hydrogen) atoms. The van der Waals surface area contributed by atoms with Crippen LogP contribution in [0.3, 0.4) is 0 Å². The highest BCUT2D eigenvalue weighted by Gasteiger charge is 2.24. The van der Waals surface area contributed by atoms with Gasteiger partial charge in [0.25, 0.3) is 0 Å². The molecule has 0 amide bonds. The van der Waals surface area contributed by atoms with Gasteiger partial charge in [0.2, 0.25) is 9.05 Å². The average molecular weight is 313 g/mol. The van der Waals surface area contributed by atoms with Crippen molar-refractivity contribution in [2.75, 3.05) is 19.5 Å². The van der Waals surface area contributed by atoms with Crippen LogP contribution >= 0.6 is 10.7 Å². The fourth-order valence-corrected chi connectivity index (χ4v) is 4.00. The Bertz CT molecular complexity index is 345. The van der Waals surface area contributed by atoms with Gasteiger partial charge in [0.15, 0.2) is 0 Å². The molecule has 0 aliphatic heterocycles. The van der Waals surface area contributed by atoms with Crippen LogP contribution in [0.2, 0.25) is 0 Å². The second kappa shape index (κ2) is 8.45. The monoisotopic (exact) mass is 312 g/mol. The van der Waals surface area contributed by atoms with E-state index in [9.17, 15) is 8.42 Å². The highest BCUT2D eigenvalue weighted by atomic mass is 35.7. The van der Waals surface area contributed by atoms with E-state index in [2.05, 4.69) is 0 Å². The number of rotatable bonds is 8. The van der Waals surface area contributed by atoms with E-state index in [-0.39, 0.29) is 23.9 Å². The Morgan fingerprint density at radius 1 is 1.32 bits per heavy atom. The summed E-state index contributed by atoms with van der Waals surface area (Å²) in [5.41, 5.74) is 0. The number of ether oxygens (including phenoxy) is 2. The molecule has 1 aliphatic carbocycles. The van der Waals surface area contributed by atoms with Crippen LogP contribution in [-0.2, 0) is 18.5 Å². The van der Waals surface area contributed by atoms with Crippen LogP contribution in [0.1, 0.15) is 45.4 Å². The van der Waals surface area contributed by atoms with Gasteiger partial charge in [-0.25, -0.2) is 8.42 Å². The van der Waals surface area contributed by atoms with Gasteiger partial charge in [-0.05, 0) is 38.0 Å². The zero-order valence-electron chi connectivity index (χ0n) is 11.8. The second-order valence-corrected chi connectivity index (χ2v) is 8.16. The first kappa shape index (κ1) is 17.2. The number of halogens is 1. The van der Waals surface area contributed by atoms with E-state index in [1.807, 2.05) is 6.92 Å². The van der Waals surface area contributed by atoms with Crippen molar-refractivity contribution in [3.05, 3.63) is 0 Å². The van der Waals surface area contributed by atoms with Gasteiger partial charge >= 0.3 is 0 Å². The molecular formula is C13H25ClO4S.